The second-order valence-corrected chi connectivity index (χ2v) is 7.95. The molecule has 0 aliphatic carbocycles. The summed E-state index contributed by atoms with van der Waals surface area (Å²) in [6, 6.07) is 14.8. The first-order valence-electron chi connectivity index (χ1n) is 6.63. The molecule has 2 rings (SSSR count). The van der Waals surface area contributed by atoms with Gasteiger partial charge in [-0.3, -0.25) is 4.79 Å². The highest BCUT2D eigenvalue weighted by molar-refractivity contribution is 8.00. The van der Waals surface area contributed by atoms with Gasteiger partial charge >= 0.3 is 0 Å². The maximum absolute atomic E-state index is 12.1. The summed E-state index contributed by atoms with van der Waals surface area (Å²) in [5.74, 6) is -0.353. The van der Waals surface area contributed by atoms with Gasteiger partial charge < -0.3 is 5.32 Å². The van der Waals surface area contributed by atoms with Crippen LogP contribution in [0.1, 0.15) is 5.56 Å². The van der Waals surface area contributed by atoms with Crippen LogP contribution in [0.3, 0.4) is 0 Å². The van der Waals surface area contributed by atoms with E-state index in [0.717, 1.165) is 5.56 Å². The van der Waals surface area contributed by atoms with Crippen LogP contribution in [0.15, 0.2) is 65.8 Å². The number of amides is 1. The largest absolute Gasteiger partial charge is 0.336 e. The fourth-order valence-corrected chi connectivity index (χ4v) is 3.02. The number of alkyl halides is 3. The maximum atomic E-state index is 12.1. The van der Waals surface area contributed by atoms with Gasteiger partial charge in [0.2, 0.25) is 9.70 Å². The van der Waals surface area contributed by atoms with E-state index in [4.69, 9.17) is 34.8 Å². The first kappa shape index (κ1) is 18.1. The number of carbonyl (C=O) groups excluding carboxylic acids is 1. The monoisotopic (exact) mass is 386 g/mol. The number of nitrogens with zero attached hydrogens (tertiary/aromatic N) is 1. The Morgan fingerprint density at radius 2 is 1.83 bits per heavy atom. The van der Waals surface area contributed by atoms with E-state index in [0.29, 0.717) is 5.03 Å². The number of nitrogens with one attached hydrogen (secondary N) is 1. The van der Waals surface area contributed by atoms with Crippen LogP contribution in [-0.4, -0.2) is 20.1 Å². The SMILES string of the molecule is O=C(/C=C/c1ccccc1)NC(Sc1ccccn1)C(Cl)(Cl)Cl. The van der Waals surface area contributed by atoms with Crippen molar-refractivity contribution in [1.82, 2.24) is 10.3 Å². The zero-order valence-corrected chi connectivity index (χ0v) is 14.9. The van der Waals surface area contributed by atoms with E-state index in [9.17, 15) is 4.79 Å². The number of thioether (sulfide) groups is 1. The van der Waals surface area contributed by atoms with E-state index in [1.807, 2.05) is 36.4 Å². The van der Waals surface area contributed by atoms with Crippen LogP contribution in [-0.2, 0) is 4.79 Å². The second kappa shape index (κ2) is 8.60. The minimum absolute atomic E-state index is 0.353. The van der Waals surface area contributed by atoms with Crippen molar-refractivity contribution in [3.63, 3.8) is 0 Å². The minimum Gasteiger partial charge on any atom is -0.336 e. The van der Waals surface area contributed by atoms with Crippen LogP contribution in [0, 0.1) is 0 Å². The van der Waals surface area contributed by atoms with E-state index < -0.39 is 9.17 Å². The van der Waals surface area contributed by atoms with Crippen molar-refractivity contribution in [1.29, 1.82) is 0 Å². The lowest BCUT2D eigenvalue weighted by molar-refractivity contribution is -0.116. The Morgan fingerprint density at radius 1 is 1.13 bits per heavy atom. The summed E-state index contributed by atoms with van der Waals surface area (Å²) in [6.07, 6.45) is 4.73. The number of carbonyl (C=O) groups is 1. The molecular formula is C16H13Cl3N2OS. The lowest BCUT2D eigenvalue weighted by Gasteiger charge is -2.23. The zero-order chi connectivity index (χ0) is 16.7. The third-order valence-electron chi connectivity index (χ3n) is 2.67. The van der Waals surface area contributed by atoms with Crippen LogP contribution >= 0.6 is 46.6 Å². The number of halogens is 3. The Balaban J connectivity index is 2.03. The lowest BCUT2D eigenvalue weighted by atomic mass is 10.2. The first-order valence-corrected chi connectivity index (χ1v) is 8.64. The van der Waals surface area contributed by atoms with E-state index in [2.05, 4.69) is 10.3 Å². The van der Waals surface area contributed by atoms with E-state index >= 15 is 0 Å². The fourth-order valence-electron chi connectivity index (χ4n) is 1.63. The van der Waals surface area contributed by atoms with Gasteiger partial charge in [-0.05, 0) is 23.8 Å². The van der Waals surface area contributed by atoms with E-state index in [1.165, 1.54) is 17.8 Å². The van der Waals surface area contributed by atoms with Gasteiger partial charge in [0.05, 0.1) is 5.03 Å². The molecule has 23 heavy (non-hydrogen) atoms. The molecule has 2 aromatic rings. The number of aromatic nitrogens is 1. The van der Waals surface area contributed by atoms with Gasteiger partial charge in [0.15, 0.2) is 0 Å². The predicted molar refractivity (Wildman–Crippen MR) is 97.8 cm³/mol. The topological polar surface area (TPSA) is 42.0 Å². The Labute approximate surface area is 154 Å². The summed E-state index contributed by atoms with van der Waals surface area (Å²) in [7, 11) is 0. The standard InChI is InChI=1S/C16H13Cl3N2OS/c17-16(18,19)15(23-14-8-4-5-11-20-14)21-13(22)10-9-12-6-2-1-3-7-12/h1-11,15H,(H,21,22)/b10-9+. The van der Waals surface area contributed by atoms with Gasteiger partial charge in [0, 0.05) is 12.3 Å². The third kappa shape index (κ3) is 6.43. The molecule has 1 aromatic heterocycles. The summed E-state index contributed by atoms with van der Waals surface area (Å²) in [4.78, 5) is 16.2. The third-order valence-corrected chi connectivity index (χ3v) is 4.91. The van der Waals surface area contributed by atoms with Gasteiger partial charge in [-0.1, -0.05) is 83.0 Å². The van der Waals surface area contributed by atoms with Crippen molar-refractivity contribution in [3.05, 3.63) is 66.4 Å². The summed E-state index contributed by atoms with van der Waals surface area (Å²) >= 11 is 19.0. The number of hydrogen-bond donors (Lipinski definition) is 1. The molecule has 0 bridgehead atoms. The average molecular weight is 388 g/mol. The molecule has 1 amide bonds. The molecule has 1 N–H and O–H groups in total. The molecule has 0 aliphatic heterocycles. The predicted octanol–water partition coefficient (Wildman–Crippen LogP) is 4.70. The van der Waals surface area contributed by atoms with Crippen molar-refractivity contribution in [2.24, 2.45) is 0 Å². The summed E-state index contributed by atoms with van der Waals surface area (Å²) < 4.78 is -1.67. The molecule has 1 aromatic carbocycles. The van der Waals surface area contributed by atoms with Crippen LogP contribution in [0.25, 0.3) is 6.08 Å². The molecule has 0 fully saturated rings. The van der Waals surface area contributed by atoms with Gasteiger partial charge in [-0.15, -0.1) is 0 Å². The first-order chi connectivity index (χ1) is 10.9. The molecular weight excluding hydrogens is 375 g/mol. The highest BCUT2D eigenvalue weighted by atomic mass is 35.6. The summed E-state index contributed by atoms with van der Waals surface area (Å²) in [6.45, 7) is 0. The molecule has 0 aliphatic rings. The lowest BCUT2D eigenvalue weighted by Crippen LogP contribution is -2.40. The maximum Gasteiger partial charge on any atom is 0.245 e. The molecule has 1 atom stereocenters. The Kier molecular flexibility index (Phi) is 6.78. The van der Waals surface area contributed by atoms with Crippen molar-refractivity contribution in [2.75, 3.05) is 0 Å². The van der Waals surface area contributed by atoms with E-state index in [1.54, 1.807) is 24.4 Å². The smallest absolute Gasteiger partial charge is 0.245 e. The highest BCUT2D eigenvalue weighted by Crippen LogP contribution is 2.38. The molecule has 0 radical (unpaired) electrons. The molecule has 0 spiro atoms. The quantitative estimate of drug-likeness (QED) is 0.350. The van der Waals surface area contributed by atoms with Crippen LogP contribution in [0.5, 0.6) is 0 Å². The number of rotatable bonds is 5. The zero-order valence-electron chi connectivity index (χ0n) is 11.8. The Bertz CT molecular complexity index is 660. The van der Waals surface area contributed by atoms with Crippen molar-refractivity contribution >= 4 is 58.5 Å². The number of benzene rings is 1. The Morgan fingerprint density at radius 3 is 2.43 bits per heavy atom. The van der Waals surface area contributed by atoms with Gasteiger partial charge in [-0.25, -0.2) is 4.98 Å². The van der Waals surface area contributed by atoms with Crippen LogP contribution in [0.4, 0.5) is 0 Å². The minimum atomic E-state index is -1.67. The molecule has 0 saturated carbocycles. The van der Waals surface area contributed by atoms with Crippen molar-refractivity contribution < 1.29 is 4.79 Å². The number of hydrogen-bond acceptors (Lipinski definition) is 3. The molecule has 120 valence electrons. The fraction of sp³-hybridized carbons (Fsp3) is 0.125. The Hall–Kier alpha value is -1.20. The van der Waals surface area contributed by atoms with Crippen molar-refractivity contribution in [2.45, 2.75) is 14.2 Å². The van der Waals surface area contributed by atoms with E-state index in [-0.39, 0.29) is 5.91 Å². The van der Waals surface area contributed by atoms with Crippen LogP contribution < -0.4 is 5.32 Å². The molecule has 1 heterocycles. The van der Waals surface area contributed by atoms with Gasteiger partial charge in [0.25, 0.3) is 0 Å². The average Bonchev–Trinajstić information content (AvgIpc) is 2.53. The highest BCUT2D eigenvalue weighted by Gasteiger charge is 2.34. The summed E-state index contributed by atoms with van der Waals surface area (Å²) in [5.41, 5.74) is 0.908. The van der Waals surface area contributed by atoms with Gasteiger partial charge in [0.1, 0.15) is 5.37 Å². The molecule has 3 nitrogen and oxygen atoms in total. The van der Waals surface area contributed by atoms with Gasteiger partial charge in [-0.2, -0.15) is 0 Å². The normalized spacial score (nSPS) is 13.0. The number of pyridine rings is 1. The molecule has 1 unspecified atom stereocenters. The van der Waals surface area contributed by atoms with Crippen molar-refractivity contribution in [3.8, 4) is 0 Å². The van der Waals surface area contributed by atoms with Crippen LogP contribution in [0.2, 0.25) is 0 Å². The molecule has 0 saturated heterocycles. The second-order valence-electron chi connectivity index (χ2n) is 4.46. The summed E-state index contributed by atoms with van der Waals surface area (Å²) in [5, 5.41) is 2.56. The molecule has 7 heteroatoms.